The summed E-state index contributed by atoms with van der Waals surface area (Å²) >= 11 is 0. The Morgan fingerprint density at radius 2 is 1.62 bits per heavy atom. The average molecular weight is 178 g/mol. The fourth-order valence-corrected chi connectivity index (χ4v) is 1.73. The van der Waals surface area contributed by atoms with Crippen LogP contribution >= 0.6 is 0 Å². The molecule has 0 aromatic heterocycles. The number of phenols is 1. The highest BCUT2D eigenvalue weighted by Crippen LogP contribution is 2.28. The number of benzene rings is 1. The summed E-state index contributed by atoms with van der Waals surface area (Å²) in [5.41, 5.74) is 3.78. The van der Waals surface area contributed by atoms with Crippen LogP contribution in [0.2, 0.25) is 0 Å². The van der Waals surface area contributed by atoms with Gasteiger partial charge >= 0.3 is 0 Å². The molecule has 0 aliphatic heterocycles. The third-order valence-electron chi connectivity index (χ3n) is 2.41. The van der Waals surface area contributed by atoms with Crippen molar-refractivity contribution in [3.8, 4) is 5.75 Å². The molecular formula is C12H18O. The molecule has 0 atom stereocenters. The van der Waals surface area contributed by atoms with Gasteiger partial charge in [0.1, 0.15) is 5.75 Å². The summed E-state index contributed by atoms with van der Waals surface area (Å²) in [6.07, 6.45) is 3.58. The zero-order valence-corrected chi connectivity index (χ0v) is 8.72. The molecule has 2 rings (SSSR count). The molecule has 0 amide bonds. The molecule has 72 valence electrons. The largest absolute Gasteiger partial charge is 0.508 e. The summed E-state index contributed by atoms with van der Waals surface area (Å²) in [5, 5.41) is 9.38. The van der Waals surface area contributed by atoms with Crippen LogP contribution in [0.3, 0.4) is 0 Å². The molecule has 0 radical (unpaired) electrons. The van der Waals surface area contributed by atoms with Crippen molar-refractivity contribution in [1.82, 2.24) is 0 Å². The van der Waals surface area contributed by atoms with E-state index in [1.807, 2.05) is 26.8 Å². The Balaban J connectivity index is 0.000000396. The van der Waals surface area contributed by atoms with E-state index in [-0.39, 0.29) is 0 Å². The van der Waals surface area contributed by atoms with Crippen LogP contribution in [0.25, 0.3) is 0 Å². The van der Waals surface area contributed by atoms with Gasteiger partial charge in [-0.15, -0.1) is 0 Å². The summed E-state index contributed by atoms with van der Waals surface area (Å²) in [5.74, 6) is 0.450. The Morgan fingerprint density at radius 1 is 1.08 bits per heavy atom. The molecule has 1 N–H and O–H groups in total. The van der Waals surface area contributed by atoms with E-state index in [1.165, 1.54) is 24.0 Å². The van der Waals surface area contributed by atoms with Gasteiger partial charge in [0.05, 0.1) is 0 Å². The van der Waals surface area contributed by atoms with E-state index in [4.69, 9.17) is 0 Å². The first-order chi connectivity index (χ1) is 6.27. The summed E-state index contributed by atoms with van der Waals surface area (Å²) in [4.78, 5) is 0. The van der Waals surface area contributed by atoms with Gasteiger partial charge in [-0.3, -0.25) is 0 Å². The molecule has 0 heterocycles. The molecule has 0 spiro atoms. The molecule has 1 aromatic rings. The van der Waals surface area contributed by atoms with Crippen molar-refractivity contribution in [1.29, 1.82) is 0 Å². The van der Waals surface area contributed by atoms with Gasteiger partial charge in [0.25, 0.3) is 0 Å². The average Bonchev–Trinajstić information content (AvgIpc) is 2.56. The highest BCUT2D eigenvalue weighted by atomic mass is 16.3. The minimum absolute atomic E-state index is 0.450. The van der Waals surface area contributed by atoms with Crippen molar-refractivity contribution in [2.45, 2.75) is 40.0 Å². The molecule has 0 fully saturated rings. The second kappa shape index (κ2) is 4.31. The van der Waals surface area contributed by atoms with E-state index < -0.39 is 0 Å². The van der Waals surface area contributed by atoms with Gasteiger partial charge < -0.3 is 5.11 Å². The molecule has 0 unspecified atom stereocenters. The van der Waals surface area contributed by atoms with Gasteiger partial charge in [-0.05, 0) is 48.9 Å². The van der Waals surface area contributed by atoms with Crippen LogP contribution in [0.5, 0.6) is 5.75 Å². The first-order valence-electron chi connectivity index (χ1n) is 5.09. The SMILES string of the molecule is CC.Cc1cc2c(cc1O)CCC2. The minimum Gasteiger partial charge on any atom is -0.508 e. The molecule has 13 heavy (non-hydrogen) atoms. The first-order valence-corrected chi connectivity index (χ1v) is 5.09. The van der Waals surface area contributed by atoms with E-state index in [2.05, 4.69) is 6.07 Å². The summed E-state index contributed by atoms with van der Waals surface area (Å²) in [6, 6.07) is 4.02. The molecule has 0 saturated carbocycles. The van der Waals surface area contributed by atoms with Crippen molar-refractivity contribution in [2.24, 2.45) is 0 Å². The minimum atomic E-state index is 0.450. The van der Waals surface area contributed by atoms with Gasteiger partial charge in [-0.25, -0.2) is 0 Å². The topological polar surface area (TPSA) is 20.2 Å². The number of rotatable bonds is 0. The highest BCUT2D eigenvalue weighted by Gasteiger charge is 2.11. The zero-order valence-electron chi connectivity index (χ0n) is 8.72. The van der Waals surface area contributed by atoms with Crippen LogP contribution in [0.15, 0.2) is 12.1 Å². The normalized spacial score (nSPS) is 13.2. The number of aromatic hydroxyl groups is 1. The van der Waals surface area contributed by atoms with E-state index in [9.17, 15) is 5.11 Å². The summed E-state index contributed by atoms with van der Waals surface area (Å²) in [7, 11) is 0. The maximum absolute atomic E-state index is 9.38. The van der Waals surface area contributed by atoms with Crippen molar-refractivity contribution >= 4 is 0 Å². The number of phenolic OH excluding ortho intramolecular Hbond substituents is 1. The number of aryl methyl sites for hydroxylation is 3. The maximum atomic E-state index is 9.38. The van der Waals surface area contributed by atoms with E-state index in [0.717, 1.165) is 12.0 Å². The maximum Gasteiger partial charge on any atom is 0.118 e. The third kappa shape index (κ3) is 2.03. The van der Waals surface area contributed by atoms with Crippen molar-refractivity contribution in [3.63, 3.8) is 0 Å². The van der Waals surface area contributed by atoms with Gasteiger partial charge in [0.15, 0.2) is 0 Å². The Hall–Kier alpha value is -0.980. The lowest BCUT2D eigenvalue weighted by atomic mass is 10.1. The molecule has 1 aliphatic carbocycles. The van der Waals surface area contributed by atoms with Crippen molar-refractivity contribution in [3.05, 3.63) is 28.8 Å². The van der Waals surface area contributed by atoms with E-state index >= 15 is 0 Å². The lowest BCUT2D eigenvalue weighted by molar-refractivity contribution is 0.470. The molecule has 1 nitrogen and oxygen atoms in total. The molecule has 1 aromatic carbocycles. The van der Waals surface area contributed by atoms with Crippen LogP contribution in [0.1, 0.15) is 37.0 Å². The fraction of sp³-hybridized carbons (Fsp3) is 0.500. The quantitative estimate of drug-likeness (QED) is 0.646. The Bertz CT molecular complexity index is 260. The van der Waals surface area contributed by atoms with Crippen LogP contribution in [0.4, 0.5) is 0 Å². The monoisotopic (exact) mass is 178 g/mol. The van der Waals surface area contributed by atoms with E-state index in [1.54, 1.807) is 0 Å². The van der Waals surface area contributed by atoms with Crippen LogP contribution in [0, 0.1) is 6.92 Å². The van der Waals surface area contributed by atoms with E-state index in [0.29, 0.717) is 5.75 Å². The van der Waals surface area contributed by atoms with Gasteiger partial charge in [-0.2, -0.15) is 0 Å². The highest BCUT2D eigenvalue weighted by molar-refractivity contribution is 5.43. The number of hydrogen-bond donors (Lipinski definition) is 1. The lowest BCUT2D eigenvalue weighted by Crippen LogP contribution is -1.83. The fourth-order valence-electron chi connectivity index (χ4n) is 1.73. The predicted octanol–water partition coefficient (Wildman–Crippen LogP) is 3.22. The zero-order chi connectivity index (χ0) is 9.84. The summed E-state index contributed by atoms with van der Waals surface area (Å²) < 4.78 is 0. The molecular weight excluding hydrogens is 160 g/mol. The van der Waals surface area contributed by atoms with Crippen LogP contribution in [-0.2, 0) is 12.8 Å². The molecule has 0 bridgehead atoms. The third-order valence-corrected chi connectivity index (χ3v) is 2.41. The second-order valence-corrected chi connectivity index (χ2v) is 3.26. The van der Waals surface area contributed by atoms with Crippen molar-refractivity contribution < 1.29 is 5.11 Å². The standard InChI is InChI=1S/C10H12O.C2H6/c1-7-5-8-3-2-4-9(8)6-10(7)11;1-2/h5-6,11H,2-4H2,1H3;1-2H3. The number of fused-ring (bicyclic) bond motifs is 1. The van der Waals surface area contributed by atoms with Crippen LogP contribution < -0.4 is 0 Å². The Kier molecular flexibility index (Phi) is 3.35. The number of hydrogen-bond acceptors (Lipinski definition) is 1. The van der Waals surface area contributed by atoms with Crippen molar-refractivity contribution in [2.75, 3.05) is 0 Å². The second-order valence-electron chi connectivity index (χ2n) is 3.26. The molecule has 1 aliphatic rings. The lowest BCUT2D eigenvalue weighted by Gasteiger charge is -2.02. The molecule has 0 saturated heterocycles. The van der Waals surface area contributed by atoms with Crippen LogP contribution in [-0.4, -0.2) is 5.11 Å². The smallest absolute Gasteiger partial charge is 0.118 e. The molecule has 1 heteroatoms. The predicted molar refractivity (Wildman–Crippen MR) is 56.2 cm³/mol. The van der Waals surface area contributed by atoms with Gasteiger partial charge in [0, 0.05) is 0 Å². The van der Waals surface area contributed by atoms with Gasteiger partial charge in [-0.1, -0.05) is 19.9 Å². The first kappa shape index (κ1) is 10.1. The summed E-state index contributed by atoms with van der Waals surface area (Å²) in [6.45, 7) is 5.95. The van der Waals surface area contributed by atoms with Gasteiger partial charge in [0.2, 0.25) is 0 Å². The Labute approximate surface area is 80.4 Å². The Morgan fingerprint density at radius 3 is 2.23 bits per heavy atom.